The van der Waals surface area contributed by atoms with E-state index in [1.807, 2.05) is 24.0 Å². The molecule has 0 unspecified atom stereocenters. The Bertz CT molecular complexity index is 719. The third-order valence-electron chi connectivity index (χ3n) is 4.69. The van der Waals surface area contributed by atoms with Crippen molar-refractivity contribution in [3.05, 3.63) is 29.8 Å². The van der Waals surface area contributed by atoms with Crippen molar-refractivity contribution in [1.29, 1.82) is 0 Å². The molecule has 2 rings (SSSR count). The van der Waals surface area contributed by atoms with Crippen LogP contribution in [-0.2, 0) is 9.53 Å². The lowest BCUT2D eigenvalue weighted by Gasteiger charge is -2.32. The first-order valence-corrected chi connectivity index (χ1v) is 10.4. The summed E-state index contributed by atoms with van der Waals surface area (Å²) in [4.78, 5) is 38.0. The van der Waals surface area contributed by atoms with Crippen LogP contribution in [0.2, 0.25) is 0 Å². The zero-order valence-electron chi connectivity index (χ0n) is 18.3. The maximum absolute atomic E-state index is 12.7. The normalized spacial score (nSPS) is 14.7. The van der Waals surface area contributed by atoms with Gasteiger partial charge in [-0.05, 0) is 70.7 Å². The van der Waals surface area contributed by atoms with Crippen molar-refractivity contribution in [3.63, 3.8) is 0 Å². The van der Waals surface area contributed by atoms with Crippen molar-refractivity contribution < 1.29 is 23.9 Å². The highest BCUT2D eigenvalue weighted by atomic mass is 16.6. The molecule has 1 aliphatic rings. The fourth-order valence-electron chi connectivity index (χ4n) is 3.17. The van der Waals surface area contributed by atoms with Crippen molar-refractivity contribution in [3.8, 4) is 5.75 Å². The number of likely N-dealkylation sites (tertiary alicyclic amines) is 1. The molecule has 1 aromatic rings. The van der Waals surface area contributed by atoms with E-state index in [-0.39, 0.29) is 18.4 Å². The monoisotopic (exact) mass is 419 g/mol. The number of piperidine rings is 1. The number of nitrogens with zero attached hydrogens (tertiary/aromatic N) is 1. The Morgan fingerprint density at radius 1 is 1.07 bits per heavy atom. The van der Waals surface area contributed by atoms with E-state index < -0.39 is 11.7 Å². The lowest BCUT2D eigenvalue weighted by molar-refractivity contribution is -0.120. The van der Waals surface area contributed by atoms with E-state index >= 15 is 0 Å². The lowest BCUT2D eigenvalue weighted by Crippen LogP contribution is -2.44. The van der Waals surface area contributed by atoms with E-state index in [1.54, 1.807) is 32.9 Å². The van der Waals surface area contributed by atoms with Gasteiger partial charge in [-0.25, -0.2) is 4.79 Å². The van der Waals surface area contributed by atoms with Gasteiger partial charge in [-0.15, -0.1) is 0 Å². The van der Waals surface area contributed by atoms with Gasteiger partial charge in [-0.1, -0.05) is 0 Å². The molecule has 1 aliphatic heterocycles. The third kappa shape index (κ3) is 7.93. The molecule has 0 atom stereocenters. The van der Waals surface area contributed by atoms with Crippen LogP contribution >= 0.6 is 0 Å². The maximum atomic E-state index is 12.7. The zero-order valence-corrected chi connectivity index (χ0v) is 18.3. The second kappa shape index (κ2) is 10.8. The quantitative estimate of drug-likeness (QED) is 0.708. The number of nitrogens with one attached hydrogen (secondary N) is 2. The summed E-state index contributed by atoms with van der Waals surface area (Å²) in [5, 5.41) is 5.28. The van der Waals surface area contributed by atoms with Gasteiger partial charge >= 0.3 is 6.09 Å². The Labute approximate surface area is 178 Å². The third-order valence-corrected chi connectivity index (χ3v) is 4.69. The largest absolute Gasteiger partial charge is 0.494 e. The SMILES string of the molecule is CCOc1ccc(C(=O)N2CCC(CNC(=O)CNC(=O)OC(C)(C)C)CC2)cc1. The summed E-state index contributed by atoms with van der Waals surface area (Å²) < 4.78 is 10.5. The van der Waals surface area contributed by atoms with E-state index in [2.05, 4.69) is 10.6 Å². The average molecular weight is 420 g/mol. The van der Waals surface area contributed by atoms with Crippen LogP contribution in [0.4, 0.5) is 4.79 Å². The molecule has 0 radical (unpaired) electrons. The summed E-state index contributed by atoms with van der Waals surface area (Å²) in [6, 6.07) is 7.20. The molecule has 0 saturated carbocycles. The molecule has 1 saturated heterocycles. The molecule has 30 heavy (non-hydrogen) atoms. The predicted molar refractivity (Wildman–Crippen MR) is 113 cm³/mol. The number of carbonyl (C=O) groups is 3. The van der Waals surface area contributed by atoms with E-state index in [4.69, 9.17) is 9.47 Å². The van der Waals surface area contributed by atoms with E-state index in [0.29, 0.717) is 37.7 Å². The first kappa shape index (κ1) is 23.5. The predicted octanol–water partition coefficient (Wildman–Crippen LogP) is 2.58. The van der Waals surface area contributed by atoms with Crippen molar-refractivity contribution >= 4 is 17.9 Å². The van der Waals surface area contributed by atoms with Crippen LogP contribution in [0.25, 0.3) is 0 Å². The van der Waals surface area contributed by atoms with E-state index in [1.165, 1.54) is 0 Å². The minimum atomic E-state index is -0.612. The molecule has 0 aromatic heterocycles. The molecule has 1 fully saturated rings. The molecule has 8 heteroatoms. The molecule has 166 valence electrons. The van der Waals surface area contributed by atoms with Crippen LogP contribution in [0.5, 0.6) is 5.75 Å². The number of amides is 3. The molecule has 1 aromatic carbocycles. The number of benzene rings is 1. The Balaban J connectivity index is 1.68. The second-order valence-corrected chi connectivity index (χ2v) is 8.35. The number of hydrogen-bond donors (Lipinski definition) is 2. The van der Waals surface area contributed by atoms with Crippen LogP contribution in [0.1, 0.15) is 50.9 Å². The molecule has 3 amide bonds. The summed E-state index contributed by atoms with van der Waals surface area (Å²) in [5.41, 5.74) is 0.0514. The molecular formula is C22H33N3O5. The zero-order chi connectivity index (χ0) is 22.1. The molecular weight excluding hydrogens is 386 g/mol. The van der Waals surface area contributed by atoms with Gasteiger partial charge in [0.05, 0.1) is 13.2 Å². The summed E-state index contributed by atoms with van der Waals surface area (Å²) in [7, 11) is 0. The Morgan fingerprint density at radius 3 is 2.27 bits per heavy atom. The van der Waals surface area contributed by atoms with Crippen LogP contribution in [0, 0.1) is 5.92 Å². The highest BCUT2D eigenvalue weighted by molar-refractivity contribution is 5.94. The molecule has 2 N–H and O–H groups in total. The lowest BCUT2D eigenvalue weighted by atomic mass is 9.96. The van der Waals surface area contributed by atoms with Crippen LogP contribution in [0.3, 0.4) is 0 Å². The minimum absolute atomic E-state index is 0.0158. The first-order valence-electron chi connectivity index (χ1n) is 10.4. The van der Waals surface area contributed by atoms with Gasteiger partial charge < -0.3 is 25.0 Å². The van der Waals surface area contributed by atoms with E-state index in [9.17, 15) is 14.4 Å². The van der Waals surface area contributed by atoms with Gasteiger partial charge in [-0.3, -0.25) is 9.59 Å². The van der Waals surface area contributed by atoms with Crippen molar-refractivity contribution in [1.82, 2.24) is 15.5 Å². The van der Waals surface area contributed by atoms with Gasteiger partial charge in [0, 0.05) is 25.2 Å². The molecule has 0 aliphatic carbocycles. The Kier molecular flexibility index (Phi) is 8.50. The molecule has 8 nitrogen and oxygen atoms in total. The summed E-state index contributed by atoms with van der Waals surface area (Å²) in [6.45, 7) is 9.52. The van der Waals surface area contributed by atoms with Gasteiger partial charge in [0.25, 0.3) is 5.91 Å². The van der Waals surface area contributed by atoms with E-state index in [0.717, 1.165) is 18.6 Å². The molecule has 0 spiro atoms. The average Bonchev–Trinajstić information content (AvgIpc) is 2.70. The fourth-order valence-corrected chi connectivity index (χ4v) is 3.17. The molecule has 0 bridgehead atoms. The smallest absolute Gasteiger partial charge is 0.408 e. The first-order chi connectivity index (χ1) is 14.2. The van der Waals surface area contributed by atoms with Gasteiger partial charge in [0.1, 0.15) is 11.4 Å². The number of rotatable bonds is 7. The number of ether oxygens (including phenoxy) is 2. The van der Waals surface area contributed by atoms with Crippen molar-refractivity contribution in [2.24, 2.45) is 5.92 Å². The molecule has 1 heterocycles. The van der Waals surface area contributed by atoms with Crippen LogP contribution in [0.15, 0.2) is 24.3 Å². The number of hydrogen-bond acceptors (Lipinski definition) is 5. The fraction of sp³-hybridized carbons (Fsp3) is 0.591. The van der Waals surface area contributed by atoms with Crippen molar-refractivity contribution in [2.75, 3.05) is 32.8 Å². The van der Waals surface area contributed by atoms with Crippen LogP contribution in [-0.4, -0.2) is 61.2 Å². The standard InChI is InChI=1S/C22H33N3O5/c1-5-29-18-8-6-17(7-9-18)20(27)25-12-10-16(11-13-25)14-23-19(26)15-24-21(28)30-22(2,3)4/h6-9,16H,5,10-15H2,1-4H3,(H,23,26)(H,24,28). The number of carbonyl (C=O) groups excluding carboxylic acids is 3. The topological polar surface area (TPSA) is 97.0 Å². The minimum Gasteiger partial charge on any atom is -0.494 e. The second-order valence-electron chi connectivity index (χ2n) is 8.35. The summed E-state index contributed by atoms with van der Waals surface area (Å²) >= 11 is 0. The maximum Gasteiger partial charge on any atom is 0.408 e. The Hall–Kier alpha value is -2.77. The number of alkyl carbamates (subject to hydrolysis) is 1. The Morgan fingerprint density at radius 2 is 1.70 bits per heavy atom. The summed E-state index contributed by atoms with van der Waals surface area (Å²) in [6.07, 6.45) is 1.03. The van der Waals surface area contributed by atoms with Gasteiger partial charge in [0.2, 0.25) is 5.91 Å². The van der Waals surface area contributed by atoms with Gasteiger partial charge in [-0.2, -0.15) is 0 Å². The van der Waals surface area contributed by atoms with Crippen molar-refractivity contribution in [2.45, 2.75) is 46.1 Å². The highest BCUT2D eigenvalue weighted by Gasteiger charge is 2.24. The van der Waals surface area contributed by atoms with Gasteiger partial charge in [0.15, 0.2) is 0 Å². The summed E-state index contributed by atoms with van der Waals surface area (Å²) in [5.74, 6) is 0.820. The highest BCUT2D eigenvalue weighted by Crippen LogP contribution is 2.20. The van der Waals surface area contributed by atoms with Crippen LogP contribution < -0.4 is 15.4 Å².